The zero-order valence-corrected chi connectivity index (χ0v) is 15.8. The maximum atomic E-state index is 14.2. The van der Waals surface area contributed by atoms with E-state index < -0.39 is 6.04 Å². The highest BCUT2D eigenvalue weighted by Gasteiger charge is 2.37. The molecule has 1 aromatic carbocycles. The summed E-state index contributed by atoms with van der Waals surface area (Å²) in [6, 6.07) is 2.38. The van der Waals surface area contributed by atoms with Crippen LogP contribution in [0.1, 0.15) is 18.4 Å². The Balaban J connectivity index is 1.60. The van der Waals surface area contributed by atoms with Crippen LogP contribution in [0.3, 0.4) is 0 Å². The molecule has 1 fully saturated rings. The minimum absolute atomic E-state index is 0.0218. The average molecular weight is 397 g/mol. The zero-order chi connectivity index (χ0) is 19.6. The second-order valence-corrected chi connectivity index (χ2v) is 7.20. The van der Waals surface area contributed by atoms with E-state index >= 15 is 0 Å². The Morgan fingerprint density at radius 2 is 2.19 bits per heavy atom. The molecule has 2 atom stereocenters. The number of anilines is 1. The molecule has 146 valence electrons. The molecule has 0 radical (unpaired) electrons. The zero-order valence-electron chi connectivity index (χ0n) is 15.0. The first kappa shape index (κ1) is 19.4. The van der Waals surface area contributed by atoms with Crippen molar-refractivity contribution < 1.29 is 18.8 Å². The van der Waals surface area contributed by atoms with Crippen LogP contribution >= 0.6 is 11.6 Å². The van der Waals surface area contributed by atoms with Crippen molar-refractivity contribution in [3.8, 4) is 0 Å². The van der Waals surface area contributed by atoms with Gasteiger partial charge in [0.05, 0.1) is 6.04 Å². The Labute approximate surface area is 161 Å². The van der Waals surface area contributed by atoms with Gasteiger partial charge in [-0.2, -0.15) is 0 Å². The quantitative estimate of drug-likeness (QED) is 0.693. The molecule has 0 spiro atoms. The Morgan fingerprint density at radius 1 is 1.41 bits per heavy atom. The van der Waals surface area contributed by atoms with Gasteiger partial charge in [0.2, 0.25) is 18.2 Å². The number of amides is 3. The van der Waals surface area contributed by atoms with E-state index in [1.807, 2.05) is 0 Å². The lowest BCUT2D eigenvalue weighted by Crippen LogP contribution is -2.53. The van der Waals surface area contributed by atoms with Gasteiger partial charge in [-0.15, -0.1) is 0 Å². The Kier molecular flexibility index (Phi) is 5.84. The van der Waals surface area contributed by atoms with Crippen molar-refractivity contribution in [3.05, 3.63) is 28.5 Å². The van der Waals surface area contributed by atoms with Crippen LogP contribution in [-0.2, 0) is 20.8 Å². The average Bonchev–Trinajstić information content (AvgIpc) is 3.02. The normalized spacial score (nSPS) is 19.1. The summed E-state index contributed by atoms with van der Waals surface area (Å²) in [5.41, 5.74) is 1.46. The molecule has 0 bridgehead atoms. The van der Waals surface area contributed by atoms with Gasteiger partial charge >= 0.3 is 0 Å². The third-order valence-corrected chi connectivity index (χ3v) is 5.42. The summed E-state index contributed by atoms with van der Waals surface area (Å²) in [6.07, 6.45) is 1.37. The second-order valence-electron chi connectivity index (χ2n) is 6.77. The first-order valence-electron chi connectivity index (χ1n) is 8.88. The standard InChI is InChI=1S/C18H22ClFN4O3/c1-21-18(27)15(22-10-25)2-3-17(26)23-4-5-24-12(9-23)8-13-14(20)6-11(19)7-16(13)24/h6-7,10,12,15H,2-5,8-9H2,1H3,(H,21,27)(H,22,25). The smallest absolute Gasteiger partial charge is 0.242 e. The van der Waals surface area contributed by atoms with Crippen LogP contribution in [0.5, 0.6) is 0 Å². The minimum Gasteiger partial charge on any atom is -0.364 e. The van der Waals surface area contributed by atoms with Gasteiger partial charge in [0.1, 0.15) is 11.9 Å². The van der Waals surface area contributed by atoms with Gasteiger partial charge in [-0.3, -0.25) is 14.4 Å². The van der Waals surface area contributed by atoms with E-state index in [9.17, 15) is 18.8 Å². The number of likely N-dealkylation sites (N-methyl/N-ethyl adjacent to an activating group) is 1. The summed E-state index contributed by atoms with van der Waals surface area (Å²) >= 11 is 5.98. The number of carbonyl (C=O) groups is 3. The SMILES string of the molecule is CNC(=O)C(CCC(=O)N1CCN2c3cc(Cl)cc(F)c3CC2C1)NC=O. The van der Waals surface area contributed by atoms with E-state index in [1.165, 1.54) is 13.1 Å². The molecule has 9 heteroatoms. The molecule has 2 aliphatic rings. The van der Waals surface area contributed by atoms with Crippen LogP contribution in [0, 0.1) is 5.82 Å². The molecule has 0 aliphatic carbocycles. The Bertz CT molecular complexity index is 760. The van der Waals surface area contributed by atoms with Crippen molar-refractivity contribution in [2.75, 3.05) is 31.6 Å². The predicted octanol–water partition coefficient (Wildman–Crippen LogP) is 0.693. The third kappa shape index (κ3) is 4.00. The molecule has 1 saturated heterocycles. The van der Waals surface area contributed by atoms with E-state index in [2.05, 4.69) is 15.5 Å². The number of hydrogen-bond acceptors (Lipinski definition) is 4. The number of benzene rings is 1. The monoisotopic (exact) mass is 396 g/mol. The predicted molar refractivity (Wildman–Crippen MR) is 99.1 cm³/mol. The van der Waals surface area contributed by atoms with E-state index in [0.717, 1.165) is 5.69 Å². The lowest BCUT2D eigenvalue weighted by Gasteiger charge is -2.39. The fourth-order valence-electron chi connectivity index (χ4n) is 3.83. The van der Waals surface area contributed by atoms with Gasteiger partial charge in [-0.05, 0) is 25.0 Å². The van der Waals surface area contributed by atoms with E-state index in [-0.39, 0.29) is 36.5 Å². The molecule has 2 N–H and O–H groups in total. The first-order chi connectivity index (χ1) is 12.9. The summed E-state index contributed by atoms with van der Waals surface area (Å²) in [5.74, 6) is -0.720. The largest absolute Gasteiger partial charge is 0.364 e. The van der Waals surface area contributed by atoms with Crippen LogP contribution in [0.15, 0.2) is 12.1 Å². The highest BCUT2D eigenvalue weighted by Crippen LogP contribution is 2.37. The van der Waals surface area contributed by atoms with E-state index in [4.69, 9.17) is 11.6 Å². The van der Waals surface area contributed by atoms with Gasteiger partial charge < -0.3 is 20.4 Å². The first-order valence-corrected chi connectivity index (χ1v) is 9.26. The highest BCUT2D eigenvalue weighted by molar-refractivity contribution is 6.30. The van der Waals surface area contributed by atoms with Gasteiger partial charge in [0.15, 0.2) is 0 Å². The van der Waals surface area contributed by atoms with Crippen molar-refractivity contribution in [2.24, 2.45) is 0 Å². The highest BCUT2D eigenvalue weighted by atomic mass is 35.5. The van der Waals surface area contributed by atoms with Crippen molar-refractivity contribution in [2.45, 2.75) is 31.3 Å². The fourth-order valence-corrected chi connectivity index (χ4v) is 4.03. The molecular weight excluding hydrogens is 375 g/mol. The second kappa shape index (κ2) is 8.12. The molecule has 3 amide bonds. The van der Waals surface area contributed by atoms with Crippen molar-refractivity contribution in [1.82, 2.24) is 15.5 Å². The van der Waals surface area contributed by atoms with Gasteiger partial charge in [0.25, 0.3) is 0 Å². The fraction of sp³-hybridized carbons (Fsp3) is 0.500. The molecule has 1 aromatic rings. The Hall–Kier alpha value is -2.35. The summed E-state index contributed by atoms with van der Waals surface area (Å²) in [7, 11) is 1.48. The molecule has 3 rings (SSSR count). The topological polar surface area (TPSA) is 81.8 Å². The lowest BCUT2D eigenvalue weighted by molar-refractivity contribution is -0.132. The summed E-state index contributed by atoms with van der Waals surface area (Å²) in [5, 5.41) is 5.26. The minimum atomic E-state index is -0.732. The van der Waals surface area contributed by atoms with Gasteiger partial charge in [-0.1, -0.05) is 11.6 Å². The van der Waals surface area contributed by atoms with Crippen LogP contribution in [-0.4, -0.2) is 61.9 Å². The van der Waals surface area contributed by atoms with Crippen molar-refractivity contribution in [1.29, 1.82) is 0 Å². The molecule has 2 aliphatic heterocycles. The number of nitrogens with zero attached hydrogens (tertiary/aromatic N) is 2. The summed E-state index contributed by atoms with van der Waals surface area (Å²) < 4.78 is 14.2. The van der Waals surface area contributed by atoms with E-state index in [0.29, 0.717) is 43.1 Å². The molecule has 0 aromatic heterocycles. The number of fused-ring (bicyclic) bond motifs is 3. The number of carbonyl (C=O) groups excluding carboxylic acids is 3. The Morgan fingerprint density at radius 3 is 2.89 bits per heavy atom. The lowest BCUT2D eigenvalue weighted by atomic mass is 10.1. The summed E-state index contributed by atoms with van der Waals surface area (Å²) in [4.78, 5) is 38.8. The number of halogens is 2. The number of rotatable bonds is 6. The summed E-state index contributed by atoms with van der Waals surface area (Å²) in [6.45, 7) is 1.62. The van der Waals surface area contributed by atoms with Gasteiger partial charge in [0, 0.05) is 49.4 Å². The van der Waals surface area contributed by atoms with Gasteiger partial charge in [-0.25, -0.2) is 4.39 Å². The van der Waals surface area contributed by atoms with Crippen molar-refractivity contribution in [3.63, 3.8) is 0 Å². The van der Waals surface area contributed by atoms with Crippen LogP contribution in [0.25, 0.3) is 0 Å². The van der Waals surface area contributed by atoms with Crippen LogP contribution in [0.2, 0.25) is 5.02 Å². The molecule has 27 heavy (non-hydrogen) atoms. The number of nitrogens with one attached hydrogen (secondary N) is 2. The molecule has 0 saturated carbocycles. The number of hydrogen-bond donors (Lipinski definition) is 2. The molecule has 2 heterocycles. The maximum Gasteiger partial charge on any atom is 0.242 e. The molecule has 2 unspecified atom stereocenters. The third-order valence-electron chi connectivity index (χ3n) is 5.20. The van der Waals surface area contributed by atoms with Crippen molar-refractivity contribution >= 4 is 35.5 Å². The molecule has 7 nitrogen and oxygen atoms in total. The maximum absolute atomic E-state index is 14.2. The number of piperazine rings is 1. The van der Waals surface area contributed by atoms with Crippen LogP contribution in [0.4, 0.5) is 10.1 Å². The molecular formula is C18H22ClFN4O3. The van der Waals surface area contributed by atoms with Crippen LogP contribution < -0.4 is 15.5 Å². The van der Waals surface area contributed by atoms with E-state index in [1.54, 1.807) is 11.0 Å².